The minimum absolute atomic E-state index is 0.118. The van der Waals surface area contributed by atoms with E-state index >= 15 is 0 Å². The molecule has 0 saturated heterocycles. The standard InChI is InChI=1S/C13H11F2NOS2/c14-13(15)19-11-3-1-10(2-4-11)16-12(17)7-9-5-6-18-8-9/h1-6,8,13H,7H2,(H,16,17). The summed E-state index contributed by atoms with van der Waals surface area (Å²) in [5, 5.41) is 6.56. The quantitative estimate of drug-likeness (QED) is 0.837. The molecule has 0 aliphatic heterocycles. The molecule has 0 fully saturated rings. The van der Waals surface area contributed by atoms with Gasteiger partial charge in [0.1, 0.15) is 0 Å². The van der Waals surface area contributed by atoms with Crippen molar-refractivity contribution in [2.24, 2.45) is 0 Å². The Kier molecular flexibility index (Phi) is 4.93. The summed E-state index contributed by atoms with van der Waals surface area (Å²) in [6.07, 6.45) is 0.317. The summed E-state index contributed by atoms with van der Waals surface area (Å²) in [7, 11) is 0. The Balaban J connectivity index is 1.90. The zero-order valence-corrected chi connectivity index (χ0v) is 11.4. The second kappa shape index (κ2) is 6.68. The van der Waals surface area contributed by atoms with Gasteiger partial charge in [-0.2, -0.15) is 20.1 Å². The lowest BCUT2D eigenvalue weighted by Crippen LogP contribution is -2.13. The van der Waals surface area contributed by atoms with Crippen molar-refractivity contribution in [2.75, 3.05) is 5.32 Å². The van der Waals surface area contributed by atoms with Crippen LogP contribution in [0.5, 0.6) is 0 Å². The molecule has 0 atom stereocenters. The Morgan fingerprint density at radius 2 is 2.00 bits per heavy atom. The van der Waals surface area contributed by atoms with E-state index in [0.29, 0.717) is 28.8 Å². The molecule has 100 valence electrons. The van der Waals surface area contributed by atoms with E-state index in [1.165, 1.54) is 0 Å². The first-order chi connectivity index (χ1) is 9.13. The maximum atomic E-state index is 12.1. The predicted molar refractivity (Wildman–Crippen MR) is 75.0 cm³/mol. The van der Waals surface area contributed by atoms with Crippen LogP contribution in [0.25, 0.3) is 0 Å². The molecule has 0 bridgehead atoms. The van der Waals surface area contributed by atoms with Crippen molar-refractivity contribution in [3.63, 3.8) is 0 Å². The second-order valence-electron chi connectivity index (χ2n) is 3.76. The Labute approximate surface area is 117 Å². The van der Waals surface area contributed by atoms with Gasteiger partial charge in [-0.15, -0.1) is 0 Å². The number of carbonyl (C=O) groups is 1. The number of hydrogen-bond donors (Lipinski definition) is 1. The van der Waals surface area contributed by atoms with Crippen LogP contribution in [0.15, 0.2) is 46.0 Å². The molecule has 1 N–H and O–H groups in total. The highest BCUT2D eigenvalue weighted by molar-refractivity contribution is 7.99. The number of amides is 1. The topological polar surface area (TPSA) is 29.1 Å². The summed E-state index contributed by atoms with van der Waals surface area (Å²) in [6, 6.07) is 8.27. The molecule has 19 heavy (non-hydrogen) atoms. The minimum atomic E-state index is -2.43. The number of hydrogen-bond acceptors (Lipinski definition) is 3. The zero-order chi connectivity index (χ0) is 13.7. The summed E-state index contributed by atoms with van der Waals surface area (Å²) in [5.41, 5.74) is 1.58. The number of thiophene rings is 1. The molecule has 6 heteroatoms. The highest BCUT2D eigenvalue weighted by Crippen LogP contribution is 2.26. The lowest BCUT2D eigenvalue weighted by Gasteiger charge is -2.05. The number of thioether (sulfide) groups is 1. The number of carbonyl (C=O) groups excluding carboxylic acids is 1. The second-order valence-corrected chi connectivity index (χ2v) is 5.60. The third kappa shape index (κ3) is 4.65. The third-order valence-electron chi connectivity index (χ3n) is 2.31. The van der Waals surface area contributed by atoms with E-state index in [2.05, 4.69) is 5.32 Å². The van der Waals surface area contributed by atoms with Crippen LogP contribution < -0.4 is 5.32 Å². The van der Waals surface area contributed by atoms with E-state index in [1.807, 2.05) is 16.8 Å². The van der Waals surface area contributed by atoms with Gasteiger partial charge in [-0.05, 0) is 46.7 Å². The first-order valence-electron chi connectivity index (χ1n) is 5.49. The largest absolute Gasteiger partial charge is 0.326 e. The van der Waals surface area contributed by atoms with Crippen LogP contribution in [-0.4, -0.2) is 11.7 Å². The van der Waals surface area contributed by atoms with Crippen LogP contribution in [0.2, 0.25) is 0 Å². The summed E-state index contributed by atoms with van der Waals surface area (Å²) >= 11 is 2.03. The van der Waals surface area contributed by atoms with Gasteiger partial charge in [0.2, 0.25) is 5.91 Å². The maximum Gasteiger partial charge on any atom is 0.288 e. The van der Waals surface area contributed by atoms with Gasteiger partial charge in [0, 0.05) is 10.6 Å². The van der Waals surface area contributed by atoms with Crippen molar-refractivity contribution in [2.45, 2.75) is 17.1 Å². The molecule has 2 nitrogen and oxygen atoms in total. The van der Waals surface area contributed by atoms with E-state index in [9.17, 15) is 13.6 Å². The van der Waals surface area contributed by atoms with Gasteiger partial charge >= 0.3 is 0 Å². The van der Waals surface area contributed by atoms with Gasteiger partial charge in [0.25, 0.3) is 5.76 Å². The van der Waals surface area contributed by atoms with E-state index in [1.54, 1.807) is 35.6 Å². The van der Waals surface area contributed by atoms with Gasteiger partial charge in [-0.1, -0.05) is 11.8 Å². The van der Waals surface area contributed by atoms with Gasteiger partial charge in [0.05, 0.1) is 6.42 Å². The fourth-order valence-corrected chi connectivity index (χ4v) is 2.67. The first kappa shape index (κ1) is 14.0. The molecule has 2 rings (SSSR count). The number of benzene rings is 1. The minimum Gasteiger partial charge on any atom is -0.326 e. The van der Waals surface area contributed by atoms with Crippen molar-refractivity contribution >= 4 is 34.7 Å². The van der Waals surface area contributed by atoms with Crippen LogP contribution in [-0.2, 0) is 11.2 Å². The van der Waals surface area contributed by atoms with Gasteiger partial charge in [-0.3, -0.25) is 4.79 Å². The number of nitrogens with one attached hydrogen (secondary N) is 1. The number of anilines is 1. The smallest absolute Gasteiger partial charge is 0.288 e. The Bertz CT molecular complexity index is 526. The first-order valence-corrected chi connectivity index (χ1v) is 7.31. The summed E-state index contributed by atoms with van der Waals surface area (Å²) in [6.45, 7) is 0. The van der Waals surface area contributed by atoms with Crippen LogP contribution in [0, 0.1) is 0 Å². The lowest BCUT2D eigenvalue weighted by atomic mass is 10.2. The van der Waals surface area contributed by atoms with E-state index in [0.717, 1.165) is 5.56 Å². The molecule has 1 aromatic heterocycles. The van der Waals surface area contributed by atoms with Gasteiger partial charge < -0.3 is 5.32 Å². The van der Waals surface area contributed by atoms with Gasteiger partial charge in [-0.25, -0.2) is 0 Å². The van der Waals surface area contributed by atoms with Crippen LogP contribution in [0.4, 0.5) is 14.5 Å². The molecule has 0 aliphatic rings. The predicted octanol–water partition coefficient (Wildman–Crippen LogP) is 4.24. The fraction of sp³-hybridized carbons (Fsp3) is 0.154. The number of rotatable bonds is 5. The Hall–Kier alpha value is -1.40. The maximum absolute atomic E-state index is 12.1. The molecular formula is C13H11F2NOS2. The monoisotopic (exact) mass is 299 g/mol. The SMILES string of the molecule is O=C(Cc1ccsc1)Nc1ccc(SC(F)F)cc1. The molecule has 0 unspecified atom stereocenters. The lowest BCUT2D eigenvalue weighted by molar-refractivity contribution is -0.115. The highest BCUT2D eigenvalue weighted by Gasteiger charge is 2.07. The average Bonchev–Trinajstić information content (AvgIpc) is 2.83. The van der Waals surface area contributed by atoms with E-state index in [4.69, 9.17) is 0 Å². The average molecular weight is 299 g/mol. The van der Waals surface area contributed by atoms with E-state index in [-0.39, 0.29) is 5.91 Å². The molecule has 0 radical (unpaired) electrons. The van der Waals surface area contributed by atoms with Gasteiger partial charge in [0.15, 0.2) is 0 Å². The molecule has 0 spiro atoms. The van der Waals surface area contributed by atoms with Crippen molar-refractivity contribution < 1.29 is 13.6 Å². The highest BCUT2D eigenvalue weighted by atomic mass is 32.2. The number of alkyl halides is 2. The van der Waals surface area contributed by atoms with Crippen molar-refractivity contribution in [3.8, 4) is 0 Å². The zero-order valence-electron chi connectivity index (χ0n) is 9.81. The van der Waals surface area contributed by atoms with Crippen LogP contribution >= 0.6 is 23.1 Å². The van der Waals surface area contributed by atoms with Crippen molar-refractivity contribution in [3.05, 3.63) is 46.7 Å². The summed E-state index contributed by atoms with van der Waals surface area (Å²) in [4.78, 5) is 12.2. The van der Waals surface area contributed by atoms with Crippen molar-refractivity contribution in [1.82, 2.24) is 0 Å². The summed E-state index contributed by atoms with van der Waals surface area (Å²) in [5.74, 6) is -2.55. The molecule has 0 saturated carbocycles. The Morgan fingerprint density at radius 1 is 1.26 bits per heavy atom. The van der Waals surface area contributed by atoms with Crippen molar-refractivity contribution in [1.29, 1.82) is 0 Å². The molecule has 1 amide bonds. The van der Waals surface area contributed by atoms with Crippen LogP contribution in [0.1, 0.15) is 5.56 Å². The molecule has 2 aromatic rings. The Morgan fingerprint density at radius 3 is 2.58 bits per heavy atom. The third-order valence-corrected chi connectivity index (χ3v) is 3.76. The molecule has 1 heterocycles. The fourth-order valence-electron chi connectivity index (χ4n) is 1.50. The molecule has 1 aromatic carbocycles. The number of halogens is 2. The normalized spacial score (nSPS) is 10.7. The summed E-state index contributed by atoms with van der Waals surface area (Å²) < 4.78 is 24.3. The van der Waals surface area contributed by atoms with Crippen LogP contribution in [0.3, 0.4) is 0 Å². The van der Waals surface area contributed by atoms with E-state index < -0.39 is 5.76 Å². The molecular weight excluding hydrogens is 288 g/mol. The molecule has 0 aliphatic carbocycles.